The first-order valence-electron chi connectivity index (χ1n) is 6.22. The molecule has 18 heavy (non-hydrogen) atoms. The van der Waals surface area contributed by atoms with Gasteiger partial charge in [-0.2, -0.15) is 0 Å². The fourth-order valence-corrected chi connectivity index (χ4v) is 1.62. The van der Waals surface area contributed by atoms with Gasteiger partial charge in [0.1, 0.15) is 5.75 Å². The Morgan fingerprint density at radius 1 is 1.44 bits per heavy atom. The Balaban J connectivity index is 2.35. The molecule has 0 heterocycles. The van der Waals surface area contributed by atoms with Gasteiger partial charge in [0.15, 0.2) is 0 Å². The fourth-order valence-electron chi connectivity index (χ4n) is 1.62. The van der Waals surface area contributed by atoms with E-state index in [1.54, 1.807) is 0 Å². The highest BCUT2D eigenvalue weighted by molar-refractivity contribution is 5.76. The van der Waals surface area contributed by atoms with Gasteiger partial charge in [0, 0.05) is 12.6 Å². The van der Waals surface area contributed by atoms with Crippen LogP contribution in [-0.2, 0) is 4.79 Å². The molecule has 0 aliphatic heterocycles. The van der Waals surface area contributed by atoms with E-state index < -0.39 is 0 Å². The standard InChI is InChI=1S/C14H22N2O2/c1-10-4-5-13(11(2)8-10)18-7-6-14(17)16-12(3)9-15/h4-5,8,12H,6-7,9,15H2,1-3H3,(H,16,17)/t12-/m0/s1. The molecule has 100 valence electrons. The maximum Gasteiger partial charge on any atom is 0.223 e. The number of ether oxygens (including phenoxy) is 1. The average Bonchev–Trinajstić information content (AvgIpc) is 2.31. The summed E-state index contributed by atoms with van der Waals surface area (Å²) in [6.07, 6.45) is 0.345. The van der Waals surface area contributed by atoms with Crippen molar-refractivity contribution in [2.75, 3.05) is 13.2 Å². The Hall–Kier alpha value is -1.55. The van der Waals surface area contributed by atoms with E-state index in [9.17, 15) is 4.79 Å². The molecule has 0 spiro atoms. The molecular formula is C14H22N2O2. The molecule has 1 rings (SSSR count). The van der Waals surface area contributed by atoms with Crippen molar-refractivity contribution in [1.29, 1.82) is 0 Å². The minimum atomic E-state index is -0.0299. The number of nitrogens with two attached hydrogens (primary N) is 1. The number of hydrogen-bond acceptors (Lipinski definition) is 3. The number of rotatable bonds is 6. The molecule has 4 nitrogen and oxygen atoms in total. The van der Waals surface area contributed by atoms with E-state index in [4.69, 9.17) is 10.5 Å². The summed E-state index contributed by atoms with van der Waals surface area (Å²) in [5.41, 5.74) is 7.72. The number of aryl methyl sites for hydroxylation is 2. The van der Waals surface area contributed by atoms with Crippen LogP contribution in [-0.4, -0.2) is 25.1 Å². The third-order valence-corrected chi connectivity index (χ3v) is 2.68. The number of carbonyl (C=O) groups excluding carboxylic acids is 1. The van der Waals surface area contributed by atoms with Crippen LogP contribution < -0.4 is 15.8 Å². The molecule has 0 fully saturated rings. The van der Waals surface area contributed by atoms with Crippen molar-refractivity contribution >= 4 is 5.91 Å². The SMILES string of the molecule is Cc1ccc(OCCC(=O)N[C@@H](C)CN)c(C)c1. The summed E-state index contributed by atoms with van der Waals surface area (Å²) in [5, 5.41) is 2.80. The van der Waals surface area contributed by atoms with E-state index in [-0.39, 0.29) is 11.9 Å². The summed E-state index contributed by atoms with van der Waals surface area (Å²) in [6.45, 7) is 6.75. The molecule has 0 aliphatic rings. The van der Waals surface area contributed by atoms with Gasteiger partial charge in [0.2, 0.25) is 5.91 Å². The first-order chi connectivity index (χ1) is 8.52. The molecule has 1 aromatic rings. The summed E-state index contributed by atoms with van der Waals surface area (Å²) in [5.74, 6) is 0.804. The number of carbonyl (C=O) groups is 1. The van der Waals surface area contributed by atoms with Gasteiger partial charge in [0.05, 0.1) is 13.0 Å². The first-order valence-corrected chi connectivity index (χ1v) is 6.22. The van der Waals surface area contributed by atoms with Crippen molar-refractivity contribution in [3.63, 3.8) is 0 Å². The summed E-state index contributed by atoms with van der Waals surface area (Å²) >= 11 is 0. The predicted molar refractivity (Wildman–Crippen MR) is 72.7 cm³/mol. The van der Waals surface area contributed by atoms with Gasteiger partial charge in [-0.05, 0) is 32.4 Å². The van der Waals surface area contributed by atoms with E-state index in [0.29, 0.717) is 19.6 Å². The monoisotopic (exact) mass is 250 g/mol. The van der Waals surface area contributed by atoms with E-state index >= 15 is 0 Å². The molecule has 3 N–H and O–H groups in total. The van der Waals surface area contributed by atoms with Crippen LogP contribution in [0.15, 0.2) is 18.2 Å². The molecule has 1 aromatic carbocycles. The third kappa shape index (κ3) is 4.75. The third-order valence-electron chi connectivity index (χ3n) is 2.68. The molecule has 0 radical (unpaired) electrons. The van der Waals surface area contributed by atoms with Crippen molar-refractivity contribution in [1.82, 2.24) is 5.32 Å². The Bertz CT molecular complexity index is 405. The summed E-state index contributed by atoms with van der Waals surface area (Å²) < 4.78 is 5.59. The van der Waals surface area contributed by atoms with Crippen molar-refractivity contribution in [2.24, 2.45) is 5.73 Å². The van der Waals surface area contributed by atoms with Crippen LogP contribution in [0.25, 0.3) is 0 Å². The molecule has 1 amide bonds. The molecule has 0 unspecified atom stereocenters. The van der Waals surface area contributed by atoms with Crippen molar-refractivity contribution in [2.45, 2.75) is 33.2 Å². The normalized spacial score (nSPS) is 12.0. The Morgan fingerprint density at radius 2 is 2.17 bits per heavy atom. The molecule has 0 bridgehead atoms. The molecule has 0 aromatic heterocycles. The van der Waals surface area contributed by atoms with Gasteiger partial charge in [-0.1, -0.05) is 17.7 Å². The quantitative estimate of drug-likeness (QED) is 0.805. The number of amides is 1. The predicted octanol–water partition coefficient (Wildman–Crippen LogP) is 1.54. The van der Waals surface area contributed by atoms with Crippen LogP contribution in [0.5, 0.6) is 5.75 Å². The second-order valence-electron chi connectivity index (χ2n) is 4.57. The van der Waals surface area contributed by atoms with Gasteiger partial charge in [0.25, 0.3) is 0 Å². The highest BCUT2D eigenvalue weighted by Crippen LogP contribution is 2.18. The van der Waals surface area contributed by atoms with Crippen molar-refractivity contribution in [3.8, 4) is 5.75 Å². The lowest BCUT2D eigenvalue weighted by Gasteiger charge is -2.12. The van der Waals surface area contributed by atoms with Gasteiger partial charge in [-0.15, -0.1) is 0 Å². The lowest BCUT2D eigenvalue weighted by atomic mass is 10.1. The van der Waals surface area contributed by atoms with Crippen LogP contribution >= 0.6 is 0 Å². The molecule has 0 aliphatic carbocycles. The maximum atomic E-state index is 11.5. The van der Waals surface area contributed by atoms with Gasteiger partial charge >= 0.3 is 0 Å². The summed E-state index contributed by atoms with van der Waals surface area (Å²) in [4.78, 5) is 11.5. The lowest BCUT2D eigenvalue weighted by Crippen LogP contribution is -2.38. The zero-order chi connectivity index (χ0) is 13.5. The molecule has 0 saturated carbocycles. The highest BCUT2D eigenvalue weighted by Gasteiger charge is 2.06. The highest BCUT2D eigenvalue weighted by atomic mass is 16.5. The van der Waals surface area contributed by atoms with E-state index in [1.165, 1.54) is 5.56 Å². The average molecular weight is 250 g/mol. The minimum absolute atomic E-state index is 0.0126. The molecule has 0 saturated heterocycles. The number of hydrogen-bond donors (Lipinski definition) is 2. The summed E-state index contributed by atoms with van der Waals surface area (Å²) in [7, 11) is 0. The fraction of sp³-hybridized carbons (Fsp3) is 0.500. The minimum Gasteiger partial charge on any atom is -0.493 e. The van der Waals surface area contributed by atoms with Gasteiger partial charge in [-0.25, -0.2) is 0 Å². The van der Waals surface area contributed by atoms with Gasteiger partial charge < -0.3 is 15.8 Å². The molecule has 1 atom stereocenters. The lowest BCUT2D eigenvalue weighted by molar-refractivity contribution is -0.122. The van der Waals surface area contributed by atoms with E-state index in [0.717, 1.165) is 11.3 Å². The van der Waals surface area contributed by atoms with Crippen LogP contribution in [0.3, 0.4) is 0 Å². The van der Waals surface area contributed by atoms with Crippen molar-refractivity contribution < 1.29 is 9.53 Å². The number of nitrogens with one attached hydrogen (secondary N) is 1. The van der Waals surface area contributed by atoms with E-state index in [2.05, 4.69) is 11.4 Å². The zero-order valence-electron chi connectivity index (χ0n) is 11.3. The van der Waals surface area contributed by atoms with Crippen LogP contribution in [0.1, 0.15) is 24.5 Å². The van der Waals surface area contributed by atoms with Crippen LogP contribution in [0, 0.1) is 13.8 Å². The Labute approximate surface area is 109 Å². The largest absolute Gasteiger partial charge is 0.493 e. The molecule has 4 heteroatoms. The maximum absolute atomic E-state index is 11.5. The molecular weight excluding hydrogens is 228 g/mol. The Morgan fingerprint density at radius 3 is 2.78 bits per heavy atom. The van der Waals surface area contributed by atoms with Crippen LogP contribution in [0.4, 0.5) is 0 Å². The summed E-state index contributed by atoms with van der Waals surface area (Å²) in [6, 6.07) is 6.01. The zero-order valence-corrected chi connectivity index (χ0v) is 11.3. The second-order valence-corrected chi connectivity index (χ2v) is 4.57. The Kier molecular flexibility index (Phi) is 5.65. The van der Waals surface area contributed by atoms with Crippen LogP contribution in [0.2, 0.25) is 0 Å². The second kappa shape index (κ2) is 7.01. The number of benzene rings is 1. The smallest absolute Gasteiger partial charge is 0.223 e. The van der Waals surface area contributed by atoms with E-state index in [1.807, 2.05) is 32.9 Å². The topological polar surface area (TPSA) is 64.3 Å². The van der Waals surface area contributed by atoms with Crippen molar-refractivity contribution in [3.05, 3.63) is 29.3 Å². The first kappa shape index (κ1) is 14.5. The van der Waals surface area contributed by atoms with Gasteiger partial charge in [-0.3, -0.25) is 4.79 Å².